The highest BCUT2D eigenvalue weighted by Crippen LogP contribution is 2.27. The molecule has 1 unspecified atom stereocenters. The van der Waals surface area contributed by atoms with Gasteiger partial charge in [-0.05, 0) is 56.1 Å². The second-order valence-corrected chi connectivity index (χ2v) is 7.03. The number of aromatic nitrogens is 2. The van der Waals surface area contributed by atoms with Crippen molar-refractivity contribution in [2.24, 2.45) is 7.05 Å². The average molecular weight is 364 g/mol. The van der Waals surface area contributed by atoms with Gasteiger partial charge in [-0.25, -0.2) is 4.98 Å². The monoisotopic (exact) mass is 364 g/mol. The minimum Gasteiger partial charge on any atom is -0.445 e. The van der Waals surface area contributed by atoms with Crippen LogP contribution in [0.1, 0.15) is 47.1 Å². The van der Waals surface area contributed by atoms with Crippen LogP contribution in [0.5, 0.6) is 0 Å². The van der Waals surface area contributed by atoms with Crippen LogP contribution in [0.15, 0.2) is 47.2 Å². The van der Waals surface area contributed by atoms with Gasteiger partial charge in [0.05, 0.1) is 6.20 Å². The molecule has 2 aromatic heterocycles. The molecule has 1 fully saturated rings. The van der Waals surface area contributed by atoms with Crippen LogP contribution in [-0.4, -0.2) is 22.0 Å². The Morgan fingerprint density at radius 2 is 2.19 bits per heavy atom. The molecule has 2 N–H and O–H groups in total. The number of hydrogen-bond donors (Lipinski definition) is 2. The van der Waals surface area contributed by atoms with Gasteiger partial charge < -0.3 is 19.6 Å². The molecule has 1 aliphatic rings. The summed E-state index contributed by atoms with van der Waals surface area (Å²) in [5, 5.41) is 6.58. The standard InChI is InChI=1S/C21H24N4O2/c1-14-6-7-15(21-23-11-12-27-21)13-17(14)24-20(26)19-9-8-18(25(19)2)16-5-3-4-10-22-16/h6-9,11-13,16,22H,3-5,10H2,1-2H3,(H,24,26). The second kappa shape index (κ2) is 7.40. The highest BCUT2D eigenvalue weighted by atomic mass is 16.3. The average Bonchev–Trinajstić information content (AvgIpc) is 3.34. The Labute approximate surface area is 158 Å². The number of nitrogens with zero attached hydrogens (tertiary/aromatic N) is 2. The van der Waals surface area contributed by atoms with Crippen LogP contribution >= 0.6 is 0 Å². The lowest BCUT2D eigenvalue weighted by Crippen LogP contribution is -2.29. The lowest BCUT2D eigenvalue weighted by Gasteiger charge is -2.24. The van der Waals surface area contributed by atoms with Gasteiger partial charge in [-0.15, -0.1) is 0 Å². The smallest absolute Gasteiger partial charge is 0.272 e. The number of benzene rings is 1. The fourth-order valence-electron chi connectivity index (χ4n) is 3.65. The quantitative estimate of drug-likeness (QED) is 0.732. The highest BCUT2D eigenvalue weighted by molar-refractivity contribution is 6.04. The number of piperidine rings is 1. The largest absolute Gasteiger partial charge is 0.445 e. The Hall–Kier alpha value is -2.86. The van der Waals surface area contributed by atoms with E-state index in [1.54, 1.807) is 6.20 Å². The van der Waals surface area contributed by atoms with Gasteiger partial charge in [0.1, 0.15) is 12.0 Å². The van der Waals surface area contributed by atoms with Gasteiger partial charge in [0.15, 0.2) is 0 Å². The molecule has 0 saturated carbocycles. The van der Waals surface area contributed by atoms with Crippen molar-refractivity contribution in [3.05, 3.63) is 59.7 Å². The fraction of sp³-hybridized carbons (Fsp3) is 0.333. The molecule has 140 valence electrons. The molecular weight excluding hydrogens is 340 g/mol. The molecule has 1 amide bonds. The number of carbonyl (C=O) groups is 1. The summed E-state index contributed by atoms with van der Waals surface area (Å²) < 4.78 is 7.35. The number of aryl methyl sites for hydroxylation is 1. The minimum absolute atomic E-state index is 0.118. The summed E-state index contributed by atoms with van der Waals surface area (Å²) in [7, 11) is 1.95. The van der Waals surface area contributed by atoms with Gasteiger partial charge in [0, 0.05) is 30.0 Å². The van der Waals surface area contributed by atoms with Crippen LogP contribution in [0.4, 0.5) is 5.69 Å². The summed E-state index contributed by atoms with van der Waals surface area (Å²) in [5.41, 5.74) is 4.39. The topological polar surface area (TPSA) is 72.1 Å². The molecule has 3 aromatic rings. The zero-order valence-corrected chi connectivity index (χ0v) is 15.7. The third-order valence-electron chi connectivity index (χ3n) is 5.23. The summed E-state index contributed by atoms with van der Waals surface area (Å²) in [4.78, 5) is 17.1. The molecule has 4 rings (SSSR count). The maximum atomic E-state index is 12.9. The van der Waals surface area contributed by atoms with Crippen LogP contribution in [0.25, 0.3) is 11.5 Å². The molecule has 6 heteroatoms. The van der Waals surface area contributed by atoms with E-state index in [0.717, 1.165) is 35.5 Å². The first-order valence-electron chi connectivity index (χ1n) is 9.34. The zero-order valence-electron chi connectivity index (χ0n) is 15.7. The Kier molecular flexibility index (Phi) is 4.81. The molecule has 1 saturated heterocycles. The van der Waals surface area contributed by atoms with E-state index in [2.05, 4.69) is 15.6 Å². The van der Waals surface area contributed by atoms with E-state index in [0.29, 0.717) is 17.6 Å². The lowest BCUT2D eigenvalue weighted by atomic mass is 10.0. The Morgan fingerprint density at radius 3 is 2.93 bits per heavy atom. The number of amides is 1. The zero-order chi connectivity index (χ0) is 18.8. The Morgan fingerprint density at radius 1 is 1.30 bits per heavy atom. The van der Waals surface area contributed by atoms with Crippen LogP contribution < -0.4 is 10.6 Å². The van der Waals surface area contributed by atoms with Crippen LogP contribution in [0.3, 0.4) is 0 Å². The summed E-state index contributed by atoms with van der Waals surface area (Å²) in [6.45, 7) is 3.00. The molecule has 0 radical (unpaired) electrons. The number of hydrogen-bond acceptors (Lipinski definition) is 4. The van der Waals surface area contributed by atoms with E-state index in [-0.39, 0.29) is 5.91 Å². The predicted molar refractivity (Wildman–Crippen MR) is 105 cm³/mol. The number of rotatable bonds is 4. The third-order valence-corrected chi connectivity index (χ3v) is 5.23. The fourth-order valence-corrected chi connectivity index (χ4v) is 3.65. The van der Waals surface area contributed by atoms with Gasteiger partial charge in [-0.2, -0.15) is 0 Å². The predicted octanol–water partition coefficient (Wildman–Crippen LogP) is 4.06. The number of anilines is 1. The van der Waals surface area contributed by atoms with E-state index in [1.807, 2.05) is 48.9 Å². The van der Waals surface area contributed by atoms with Crippen LogP contribution in [0.2, 0.25) is 0 Å². The number of oxazole rings is 1. The van der Waals surface area contributed by atoms with Gasteiger partial charge >= 0.3 is 0 Å². The first kappa shape index (κ1) is 17.5. The van der Waals surface area contributed by atoms with Crippen molar-refractivity contribution >= 4 is 11.6 Å². The molecular formula is C21H24N4O2. The van der Waals surface area contributed by atoms with Gasteiger partial charge in [0.25, 0.3) is 5.91 Å². The van der Waals surface area contributed by atoms with Gasteiger partial charge in [-0.3, -0.25) is 4.79 Å². The van der Waals surface area contributed by atoms with Gasteiger partial charge in [0.2, 0.25) is 5.89 Å². The van der Waals surface area contributed by atoms with E-state index in [4.69, 9.17) is 4.42 Å². The molecule has 1 atom stereocenters. The Balaban J connectivity index is 1.56. The molecule has 1 aromatic carbocycles. The molecule has 3 heterocycles. The van der Waals surface area contributed by atoms with E-state index >= 15 is 0 Å². The van der Waals surface area contributed by atoms with Crippen molar-refractivity contribution < 1.29 is 9.21 Å². The number of carbonyl (C=O) groups excluding carboxylic acids is 1. The maximum Gasteiger partial charge on any atom is 0.272 e. The molecule has 0 spiro atoms. The second-order valence-electron chi connectivity index (χ2n) is 7.03. The van der Waals surface area contributed by atoms with Crippen molar-refractivity contribution in [1.82, 2.24) is 14.9 Å². The normalized spacial score (nSPS) is 17.0. The van der Waals surface area contributed by atoms with Crippen molar-refractivity contribution in [2.45, 2.75) is 32.2 Å². The van der Waals surface area contributed by atoms with E-state index in [9.17, 15) is 4.79 Å². The van der Waals surface area contributed by atoms with Crippen molar-refractivity contribution in [3.8, 4) is 11.5 Å². The lowest BCUT2D eigenvalue weighted by molar-refractivity contribution is 0.101. The molecule has 0 bridgehead atoms. The summed E-state index contributed by atoms with van der Waals surface area (Å²) in [5.74, 6) is 0.419. The minimum atomic E-state index is -0.118. The SMILES string of the molecule is Cc1ccc(-c2ncco2)cc1NC(=O)c1ccc(C2CCCCN2)n1C. The van der Waals surface area contributed by atoms with Crippen molar-refractivity contribution in [1.29, 1.82) is 0 Å². The van der Waals surface area contributed by atoms with Crippen LogP contribution in [-0.2, 0) is 7.05 Å². The Bertz CT molecular complexity index is 937. The van der Waals surface area contributed by atoms with Crippen molar-refractivity contribution in [3.63, 3.8) is 0 Å². The van der Waals surface area contributed by atoms with Gasteiger partial charge in [-0.1, -0.05) is 12.5 Å². The van der Waals surface area contributed by atoms with Crippen LogP contribution in [0, 0.1) is 6.92 Å². The first-order chi connectivity index (χ1) is 13.1. The van der Waals surface area contributed by atoms with E-state index < -0.39 is 0 Å². The highest BCUT2D eigenvalue weighted by Gasteiger charge is 2.21. The molecule has 0 aliphatic carbocycles. The number of nitrogens with one attached hydrogen (secondary N) is 2. The summed E-state index contributed by atoms with van der Waals surface area (Å²) in [6, 6.07) is 10.1. The summed E-state index contributed by atoms with van der Waals surface area (Å²) >= 11 is 0. The molecule has 27 heavy (non-hydrogen) atoms. The van der Waals surface area contributed by atoms with E-state index in [1.165, 1.54) is 19.1 Å². The van der Waals surface area contributed by atoms with Crippen molar-refractivity contribution in [2.75, 3.05) is 11.9 Å². The summed E-state index contributed by atoms with van der Waals surface area (Å²) in [6.07, 6.45) is 6.69. The third kappa shape index (κ3) is 3.53. The molecule has 6 nitrogen and oxygen atoms in total. The first-order valence-corrected chi connectivity index (χ1v) is 9.34. The maximum absolute atomic E-state index is 12.9. The molecule has 1 aliphatic heterocycles.